The minimum absolute atomic E-state index is 0. The van der Waals surface area contributed by atoms with Gasteiger partial charge >= 0.3 is 18.9 Å². The van der Waals surface area contributed by atoms with Crippen LogP contribution >= 0.6 is 0 Å². The van der Waals surface area contributed by atoms with E-state index in [0.29, 0.717) is 6.42 Å². The number of aliphatic carboxylic acids is 1. The fourth-order valence-corrected chi connectivity index (χ4v) is 1.05. The van der Waals surface area contributed by atoms with E-state index in [1.807, 2.05) is 30.3 Å². The standard InChI is InChI=1S/C10H12O2.Li/c1-8(10(11)12)7-9-5-3-2-4-6-9;/h2-6,8H,7H2,1H3,(H,11,12);/q;+1/p-1. The zero-order valence-electron chi connectivity index (χ0n) is 7.99. The van der Waals surface area contributed by atoms with Crippen LogP contribution in [-0.4, -0.2) is 5.97 Å². The molecular weight excluding hydrogens is 159 g/mol. The summed E-state index contributed by atoms with van der Waals surface area (Å²) in [5, 5.41) is 10.4. The Morgan fingerprint density at radius 1 is 1.38 bits per heavy atom. The SMILES string of the molecule is CC(Cc1ccccc1)C(=O)[O-].[Li+]. The molecule has 64 valence electrons. The number of carbonyl (C=O) groups excluding carboxylic acids is 1. The van der Waals surface area contributed by atoms with Crippen LogP contribution in [0.3, 0.4) is 0 Å². The van der Waals surface area contributed by atoms with E-state index in [9.17, 15) is 9.90 Å². The van der Waals surface area contributed by atoms with Crippen molar-refractivity contribution in [2.45, 2.75) is 13.3 Å². The van der Waals surface area contributed by atoms with Crippen LogP contribution in [-0.2, 0) is 11.2 Å². The van der Waals surface area contributed by atoms with Crippen molar-refractivity contribution >= 4 is 5.97 Å². The van der Waals surface area contributed by atoms with Crippen LogP contribution in [0.1, 0.15) is 12.5 Å². The van der Waals surface area contributed by atoms with Gasteiger partial charge in [0.1, 0.15) is 0 Å². The molecule has 1 rings (SSSR count). The first kappa shape index (κ1) is 12.3. The van der Waals surface area contributed by atoms with Gasteiger partial charge in [-0.1, -0.05) is 37.3 Å². The van der Waals surface area contributed by atoms with Gasteiger partial charge in [-0.3, -0.25) is 0 Å². The first-order valence-electron chi connectivity index (χ1n) is 3.95. The molecule has 0 aliphatic carbocycles. The molecule has 0 fully saturated rings. The molecular formula is C10H11LiO2. The van der Waals surface area contributed by atoms with Crippen LogP contribution in [0.15, 0.2) is 30.3 Å². The Morgan fingerprint density at radius 3 is 2.38 bits per heavy atom. The minimum Gasteiger partial charge on any atom is -0.550 e. The normalized spacial score (nSPS) is 11.5. The molecule has 0 saturated heterocycles. The van der Waals surface area contributed by atoms with E-state index in [4.69, 9.17) is 0 Å². The maximum Gasteiger partial charge on any atom is 1.00 e. The number of carboxylic acids is 1. The van der Waals surface area contributed by atoms with Crippen LogP contribution in [0.5, 0.6) is 0 Å². The maximum atomic E-state index is 10.4. The van der Waals surface area contributed by atoms with Gasteiger partial charge in [0.2, 0.25) is 0 Å². The van der Waals surface area contributed by atoms with Gasteiger partial charge < -0.3 is 9.90 Å². The van der Waals surface area contributed by atoms with Crippen LogP contribution in [0.25, 0.3) is 0 Å². The van der Waals surface area contributed by atoms with Gasteiger partial charge in [0.25, 0.3) is 0 Å². The van der Waals surface area contributed by atoms with Gasteiger partial charge in [0, 0.05) is 5.97 Å². The van der Waals surface area contributed by atoms with Crippen molar-refractivity contribution in [2.24, 2.45) is 5.92 Å². The molecule has 0 amide bonds. The van der Waals surface area contributed by atoms with E-state index in [-0.39, 0.29) is 18.9 Å². The van der Waals surface area contributed by atoms with Crippen molar-refractivity contribution in [1.82, 2.24) is 0 Å². The third kappa shape index (κ3) is 4.17. The average molecular weight is 170 g/mol. The quantitative estimate of drug-likeness (QED) is 0.475. The first-order chi connectivity index (χ1) is 5.70. The van der Waals surface area contributed by atoms with E-state index < -0.39 is 11.9 Å². The first-order valence-corrected chi connectivity index (χ1v) is 3.95. The molecule has 2 nitrogen and oxygen atoms in total. The molecule has 0 aliphatic rings. The molecule has 3 heteroatoms. The van der Waals surface area contributed by atoms with E-state index in [1.54, 1.807) is 6.92 Å². The predicted molar refractivity (Wildman–Crippen MR) is 44.3 cm³/mol. The summed E-state index contributed by atoms with van der Waals surface area (Å²) in [5.74, 6) is -1.40. The summed E-state index contributed by atoms with van der Waals surface area (Å²) in [6, 6.07) is 9.54. The van der Waals surface area contributed by atoms with Crippen LogP contribution in [0, 0.1) is 5.92 Å². The van der Waals surface area contributed by atoms with Gasteiger partial charge in [0.15, 0.2) is 0 Å². The summed E-state index contributed by atoms with van der Waals surface area (Å²) >= 11 is 0. The molecule has 0 radical (unpaired) electrons. The third-order valence-corrected chi connectivity index (χ3v) is 1.79. The fourth-order valence-electron chi connectivity index (χ4n) is 1.05. The number of rotatable bonds is 3. The van der Waals surface area contributed by atoms with Crippen molar-refractivity contribution in [3.8, 4) is 0 Å². The van der Waals surface area contributed by atoms with Gasteiger partial charge in [-0.2, -0.15) is 0 Å². The van der Waals surface area contributed by atoms with Gasteiger partial charge in [0.05, 0.1) is 0 Å². The predicted octanol–water partition coefficient (Wildman–Crippen LogP) is -2.38. The van der Waals surface area contributed by atoms with Crippen LogP contribution in [0.2, 0.25) is 0 Å². The molecule has 13 heavy (non-hydrogen) atoms. The number of hydrogen-bond acceptors (Lipinski definition) is 2. The maximum absolute atomic E-state index is 10.4. The zero-order valence-corrected chi connectivity index (χ0v) is 7.99. The van der Waals surface area contributed by atoms with Crippen molar-refractivity contribution in [1.29, 1.82) is 0 Å². The van der Waals surface area contributed by atoms with Crippen LogP contribution < -0.4 is 24.0 Å². The second-order valence-electron chi connectivity index (χ2n) is 2.91. The van der Waals surface area contributed by atoms with Gasteiger partial charge in [-0.05, 0) is 17.9 Å². The zero-order chi connectivity index (χ0) is 8.97. The molecule has 0 heterocycles. The summed E-state index contributed by atoms with van der Waals surface area (Å²) < 4.78 is 0. The molecule has 0 saturated carbocycles. The van der Waals surface area contributed by atoms with Crippen molar-refractivity contribution in [3.05, 3.63) is 35.9 Å². The number of carboxylic acid groups (broad SMARTS) is 1. The third-order valence-electron chi connectivity index (χ3n) is 1.79. The molecule has 1 unspecified atom stereocenters. The fraction of sp³-hybridized carbons (Fsp3) is 0.300. The Balaban J connectivity index is 0.00000144. The van der Waals surface area contributed by atoms with Gasteiger partial charge in [-0.15, -0.1) is 0 Å². The van der Waals surface area contributed by atoms with E-state index in [2.05, 4.69) is 0 Å². The van der Waals surface area contributed by atoms with Crippen molar-refractivity contribution in [2.75, 3.05) is 0 Å². The van der Waals surface area contributed by atoms with E-state index in [1.165, 1.54) is 0 Å². The van der Waals surface area contributed by atoms with Crippen molar-refractivity contribution in [3.63, 3.8) is 0 Å². The Labute approximate surface area is 90.1 Å². The second-order valence-corrected chi connectivity index (χ2v) is 2.91. The largest absolute Gasteiger partial charge is 1.00 e. The molecule has 0 N–H and O–H groups in total. The Hall–Kier alpha value is -0.713. The molecule has 0 aromatic heterocycles. The Bertz CT molecular complexity index is 259. The van der Waals surface area contributed by atoms with Gasteiger partial charge in [-0.25, -0.2) is 0 Å². The molecule has 0 bridgehead atoms. The summed E-state index contributed by atoms with van der Waals surface area (Å²) in [6.45, 7) is 1.66. The van der Waals surface area contributed by atoms with Crippen molar-refractivity contribution < 1.29 is 28.8 Å². The topological polar surface area (TPSA) is 40.1 Å². The van der Waals surface area contributed by atoms with E-state index >= 15 is 0 Å². The molecule has 1 aromatic carbocycles. The number of carbonyl (C=O) groups is 1. The number of hydrogen-bond donors (Lipinski definition) is 0. The Kier molecular flexibility index (Phi) is 5.53. The molecule has 1 aromatic rings. The summed E-state index contributed by atoms with van der Waals surface area (Å²) in [6.07, 6.45) is 0.545. The smallest absolute Gasteiger partial charge is 0.550 e. The Morgan fingerprint density at radius 2 is 1.92 bits per heavy atom. The average Bonchev–Trinajstić information content (AvgIpc) is 2.06. The minimum atomic E-state index is -0.987. The summed E-state index contributed by atoms with van der Waals surface area (Å²) in [7, 11) is 0. The molecule has 1 atom stereocenters. The summed E-state index contributed by atoms with van der Waals surface area (Å²) in [5.41, 5.74) is 1.04. The van der Waals surface area contributed by atoms with E-state index in [0.717, 1.165) is 5.56 Å². The second kappa shape index (κ2) is 5.85. The molecule has 0 spiro atoms. The summed E-state index contributed by atoms with van der Waals surface area (Å²) in [4.78, 5) is 10.4. The number of benzene rings is 1. The van der Waals surface area contributed by atoms with Crippen LogP contribution in [0.4, 0.5) is 0 Å². The monoisotopic (exact) mass is 170 g/mol. The molecule has 0 aliphatic heterocycles.